The third-order valence-electron chi connectivity index (χ3n) is 16.0. The number of rotatable bonds is 8. The van der Waals surface area contributed by atoms with Gasteiger partial charge in [0.2, 0.25) is 0 Å². The molecule has 0 saturated heterocycles. The number of pyridine rings is 2. The van der Waals surface area contributed by atoms with Crippen molar-refractivity contribution >= 4 is 124 Å². The van der Waals surface area contributed by atoms with Crippen molar-refractivity contribution in [1.82, 2.24) is 18.9 Å². The Morgan fingerprint density at radius 3 is 1.67 bits per heavy atom. The minimum Gasteiger partial charge on any atom is -0.309 e. The Hall–Kier alpha value is -9.41. The summed E-state index contributed by atoms with van der Waals surface area (Å²) >= 11 is 0. The SMILES string of the molecule is c1ccc(-n2c3ccccc3c3c([Si](c4ccccc4)(c4ccccc4)c4ccc5c6ccccc6n6ccnc6c5c4)cc4c(c32)[Si](c2ccccc2)(c2ccccc2)c2ccccc2N4c2ccccn2)cc1. The smallest absolute Gasteiger partial charge is 0.186 e. The van der Waals surface area contributed by atoms with Gasteiger partial charge >= 0.3 is 0 Å². The average Bonchev–Trinajstić information content (AvgIpc) is 4.16. The van der Waals surface area contributed by atoms with E-state index in [-0.39, 0.29) is 0 Å². The average molecular weight is 990 g/mol. The van der Waals surface area contributed by atoms with Crippen molar-refractivity contribution in [2.45, 2.75) is 0 Å². The summed E-state index contributed by atoms with van der Waals surface area (Å²) in [5.41, 5.74) is 7.86. The van der Waals surface area contributed by atoms with Crippen LogP contribution in [0.1, 0.15) is 0 Å². The number of benzene rings is 10. The van der Waals surface area contributed by atoms with E-state index in [9.17, 15) is 0 Å². The molecule has 1 aliphatic rings. The zero-order valence-electron chi connectivity index (χ0n) is 40.9. The fourth-order valence-corrected chi connectivity index (χ4v) is 23.4. The Kier molecular flexibility index (Phi) is 9.85. The third-order valence-corrected chi connectivity index (χ3v) is 25.6. The van der Waals surface area contributed by atoms with Crippen molar-refractivity contribution < 1.29 is 0 Å². The van der Waals surface area contributed by atoms with Gasteiger partial charge in [-0.2, -0.15) is 0 Å². The number of hydrogen-bond acceptors (Lipinski definition) is 3. The largest absolute Gasteiger partial charge is 0.309 e. The second kappa shape index (κ2) is 17.1. The van der Waals surface area contributed by atoms with Gasteiger partial charge in [-0.1, -0.05) is 218 Å². The number of imidazole rings is 1. The lowest BCUT2D eigenvalue weighted by Gasteiger charge is -2.46. The molecule has 0 fully saturated rings. The summed E-state index contributed by atoms with van der Waals surface area (Å²) in [5.74, 6) is 0.869. The molecular formula is C68H47N5Si2. The summed E-state index contributed by atoms with van der Waals surface area (Å²) in [4.78, 5) is 12.9. The molecule has 75 heavy (non-hydrogen) atoms. The van der Waals surface area contributed by atoms with Crippen LogP contribution in [0.3, 0.4) is 0 Å². The van der Waals surface area contributed by atoms with Gasteiger partial charge in [-0.05, 0) is 90.2 Å². The highest BCUT2D eigenvalue weighted by Gasteiger charge is 2.53. The first-order valence-corrected chi connectivity index (χ1v) is 29.7. The van der Waals surface area contributed by atoms with Crippen LogP contribution in [0.4, 0.5) is 17.2 Å². The highest BCUT2D eigenvalue weighted by Crippen LogP contribution is 2.43. The second-order valence-electron chi connectivity index (χ2n) is 19.6. The number of aromatic nitrogens is 4. The zero-order valence-corrected chi connectivity index (χ0v) is 42.9. The molecule has 0 amide bonds. The maximum Gasteiger partial charge on any atom is 0.186 e. The minimum atomic E-state index is -3.49. The van der Waals surface area contributed by atoms with Gasteiger partial charge in [0, 0.05) is 62.4 Å². The van der Waals surface area contributed by atoms with Gasteiger partial charge in [-0.3, -0.25) is 9.30 Å². The Balaban J connectivity index is 1.24. The number of nitrogens with zero attached hydrogens (tertiary/aromatic N) is 5. The molecule has 0 aliphatic carbocycles. The van der Waals surface area contributed by atoms with Crippen LogP contribution >= 0.6 is 0 Å². The molecule has 0 saturated carbocycles. The normalized spacial score (nSPS) is 13.1. The zero-order chi connectivity index (χ0) is 49.5. The molecule has 10 aromatic carbocycles. The van der Waals surface area contributed by atoms with E-state index in [4.69, 9.17) is 9.97 Å². The summed E-state index contributed by atoms with van der Waals surface area (Å²) in [6.45, 7) is 0. The van der Waals surface area contributed by atoms with Crippen LogP contribution in [-0.2, 0) is 0 Å². The predicted octanol–water partition coefficient (Wildman–Crippen LogP) is 10.7. The monoisotopic (exact) mass is 989 g/mol. The summed E-state index contributed by atoms with van der Waals surface area (Å²) < 4.78 is 4.88. The van der Waals surface area contributed by atoms with E-state index in [0.29, 0.717) is 0 Å². The molecule has 5 heterocycles. The fraction of sp³-hybridized carbons (Fsp3) is 0. The van der Waals surface area contributed by atoms with Gasteiger partial charge in [-0.25, -0.2) is 9.97 Å². The Morgan fingerprint density at radius 2 is 0.987 bits per heavy atom. The summed E-state index contributed by atoms with van der Waals surface area (Å²) in [6, 6.07) is 100. The van der Waals surface area contributed by atoms with Crippen LogP contribution in [0.5, 0.6) is 0 Å². The van der Waals surface area contributed by atoms with Crippen LogP contribution in [0.15, 0.2) is 286 Å². The molecule has 0 N–H and O–H groups in total. The minimum absolute atomic E-state index is 0.869. The summed E-state index contributed by atoms with van der Waals surface area (Å²) in [5, 5.41) is 16.5. The van der Waals surface area contributed by atoms with Crippen molar-refractivity contribution in [2.75, 3.05) is 4.90 Å². The molecule has 0 bridgehead atoms. The molecular weight excluding hydrogens is 943 g/mol. The van der Waals surface area contributed by atoms with Crippen LogP contribution in [0.2, 0.25) is 0 Å². The van der Waals surface area contributed by atoms with Crippen molar-refractivity contribution in [3.05, 3.63) is 286 Å². The fourth-order valence-electron chi connectivity index (χ4n) is 13.1. The van der Waals surface area contributed by atoms with Gasteiger partial charge in [0.15, 0.2) is 16.1 Å². The predicted molar refractivity (Wildman–Crippen MR) is 318 cm³/mol. The van der Waals surface area contributed by atoms with Gasteiger partial charge in [0.1, 0.15) is 11.5 Å². The highest BCUT2D eigenvalue weighted by atomic mass is 28.3. The highest BCUT2D eigenvalue weighted by molar-refractivity contribution is 7.23. The second-order valence-corrected chi connectivity index (χ2v) is 27.1. The molecule has 0 atom stereocenters. The van der Waals surface area contributed by atoms with Crippen LogP contribution in [0, 0.1) is 0 Å². The van der Waals surface area contributed by atoms with E-state index in [1.54, 1.807) is 0 Å². The van der Waals surface area contributed by atoms with E-state index in [1.165, 1.54) is 68.6 Å². The standard InChI is InChI=1S/C68H47N5Si2/c1-6-24-48(25-7-1)72-59-37-19-17-35-56(59)65-63(74(49-26-8-2-9-27-49,50-28-10-3-11-29-50)53-41-42-54-55-34-16-18-36-58(55)71-45-44-70-68(71)57(54)46-53)47-61-67(66(65)72)75(51-30-12-4-13-31-51,52-32-14-5-15-33-52)62-39-21-20-38-60(62)73(61)64-40-22-23-43-69-64/h1-47H. The van der Waals surface area contributed by atoms with Crippen LogP contribution in [0.25, 0.3) is 54.8 Å². The molecule has 0 unspecified atom stereocenters. The molecule has 14 aromatic rings. The van der Waals surface area contributed by atoms with E-state index in [1.807, 2.05) is 18.5 Å². The molecule has 4 aromatic heterocycles. The molecule has 0 spiro atoms. The van der Waals surface area contributed by atoms with Crippen LogP contribution in [-0.4, -0.2) is 35.1 Å². The maximum absolute atomic E-state index is 5.28. The topological polar surface area (TPSA) is 38.4 Å². The van der Waals surface area contributed by atoms with Crippen molar-refractivity contribution in [1.29, 1.82) is 0 Å². The third kappa shape index (κ3) is 6.17. The van der Waals surface area contributed by atoms with E-state index in [0.717, 1.165) is 44.9 Å². The molecule has 7 heteroatoms. The van der Waals surface area contributed by atoms with Gasteiger partial charge < -0.3 is 4.57 Å². The Bertz CT molecular complexity index is 4390. The van der Waals surface area contributed by atoms with Gasteiger partial charge in [-0.15, -0.1) is 0 Å². The van der Waals surface area contributed by atoms with E-state index in [2.05, 4.69) is 281 Å². The van der Waals surface area contributed by atoms with Gasteiger partial charge in [0.25, 0.3) is 0 Å². The molecule has 1 aliphatic heterocycles. The first-order chi connectivity index (χ1) is 37.3. The summed E-state index contributed by atoms with van der Waals surface area (Å²) in [7, 11) is -6.82. The van der Waals surface area contributed by atoms with E-state index < -0.39 is 16.1 Å². The molecule has 0 radical (unpaired) electrons. The van der Waals surface area contributed by atoms with E-state index >= 15 is 0 Å². The van der Waals surface area contributed by atoms with Crippen molar-refractivity contribution in [2.24, 2.45) is 0 Å². The lowest BCUT2D eigenvalue weighted by atomic mass is 10.1. The van der Waals surface area contributed by atoms with Gasteiger partial charge in [0.05, 0.1) is 16.6 Å². The number of para-hydroxylation sites is 4. The number of hydrogen-bond donors (Lipinski definition) is 0. The molecule has 5 nitrogen and oxygen atoms in total. The maximum atomic E-state index is 5.28. The lowest BCUT2D eigenvalue weighted by Crippen LogP contribution is -2.78. The molecule has 352 valence electrons. The number of fused-ring (bicyclic) bond motifs is 12. The van der Waals surface area contributed by atoms with Crippen molar-refractivity contribution in [3.8, 4) is 5.69 Å². The summed E-state index contributed by atoms with van der Waals surface area (Å²) in [6.07, 6.45) is 5.99. The first-order valence-electron chi connectivity index (χ1n) is 25.7. The quantitative estimate of drug-likeness (QED) is 0.0865. The number of anilines is 3. The Morgan fingerprint density at radius 1 is 0.400 bits per heavy atom. The lowest BCUT2D eigenvalue weighted by molar-refractivity contribution is 1.17. The first kappa shape index (κ1) is 43.2. The Labute approximate surface area is 436 Å². The molecule has 15 rings (SSSR count). The van der Waals surface area contributed by atoms with Crippen LogP contribution < -0.4 is 46.4 Å². The van der Waals surface area contributed by atoms with Crippen molar-refractivity contribution in [3.63, 3.8) is 0 Å².